The van der Waals surface area contributed by atoms with Gasteiger partial charge >= 0.3 is 6.03 Å². The predicted octanol–water partition coefficient (Wildman–Crippen LogP) is 2.71. The number of hydrogen-bond donors (Lipinski definition) is 1. The molecule has 1 aromatic heterocycles. The summed E-state index contributed by atoms with van der Waals surface area (Å²) in [4.78, 5) is 14.2. The minimum Gasteiger partial charge on any atom is -0.383 e. The van der Waals surface area contributed by atoms with E-state index in [1.807, 2.05) is 0 Å². The number of ether oxygens (including phenoxy) is 1. The zero-order valence-electron chi connectivity index (χ0n) is 13.6. The number of benzene rings is 1. The third kappa shape index (κ3) is 3.73. The molecule has 0 aliphatic carbocycles. The maximum Gasteiger partial charge on any atom is 0.322 e. The van der Waals surface area contributed by atoms with Crippen LogP contribution < -0.4 is 5.32 Å². The van der Waals surface area contributed by atoms with E-state index in [2.05, 4.69) is 10.4 Å². The SMILES string of the molecule is COC[C@@H]1CCCN1C(=O)Nc1cnn(Cc2ccccc2F)c1. The summed E-state index contributed by atoms with van der Waals surface area (Å²) in [6.45, 7) is 1.59. The topological polar surface area (TPSA) is 59.4 Å². The summed E-state index contributed by atoms with van der Waals surface area (Å²) < 4.78 is 20.4. The highest BCUT2D eigenvalue weighted by Gasteiger charge is 2.28. The van der Waals surface area contributed by atoms with Crippen molar-refractivity contribution in [2.75, 3.05) is 25.6 Å². The molecule has 1 atom stereocenters. The van der Waals surface area contributed by atoms with E-state index in [9.17, 15) is 9.18 Å². The molecule has 6 nitrogen and oxygen atoms in total. The van der Waals surface area contributed by atoms with Gasteiger partial charge < -0.3 is 15.0 Å². The maximum absolute atomic E-state index is 13.7. The molecule has 2 aromatic rings. The van der Waals surface area contributed by atoms with Gasteiger partial charge in [0.25, 0.3) is 0 Å². The lowest BCUT2D eigenvalue weighted by Gasteiger charge is -2.23. The fourth-order valence-electron chi connectivity index (χ4n) is 2.98. The number of hydrogen-bond acceptors (Lipinski definition) is 3. The zero-order valence-corrected chi connectivity index (χ0v) is 13.6. The number of urea groups is 1. The molecule has 1 N–H and O–H groups in total. The van der Waals surface area contributed by atoms with Crippen LogP contribution in [0.1, 0.15) is 18.4 Å². The number of nitrogens with one attached hydrogen (secondary N) is 1. The monoisotopic (exact) mass is 332 g/mol. The number of carbonyl (C=O) groups is 1. The molecule has 0 saturated carbocycles. The first-order valence-corrected chi connectivity index (χ1v) is 8.00. The molecule has 1 aromatic carbocycles. The zero-order chi connectivity index (χ0) is 16.9. The molecule has 1 aliphatic rings. The Balaban J connectivity index is 1.61. The average Bonchev–Trinajstić information content (AvgIpc) is 3.19. The number of amides is 2. The second kappa shape index (κ2) is 7.44. The molecular weight excluding hydrogens is 311 g/mol. The van der Waals surface area contributed by atoms with Crippen molar-refractivity contribution in [3.63, 3.8) is 0 Å². The molecule has 1 saturated heterocycles. The third-order valence-corrected chi connectivity index (χ3v) is 4.17. The first-order chi connectivity index (χ1) is 11.7. The van der Waals surface area contributed by atoms with Gasteiger partial charge in [-0.3, -0.25) is 4.68 Å². The van der Waals surface area contributed by atoms with Crippen LogP contribution in [0.15, 0.2) is 36.7 Å². The number of halogens is 1. The molecule has 0 unspecified atom stereocenters. The van der Waals surface area contributed by atoms with Crippen molar-refractivity contribution in [2.45, 2.75) is 25.4 Å². The Hall–Kier alpha value is -2.41. The number of carbonyl (C=O) groups excluding carboxylic acids is 1. The van der Waals surface area contributed by atoms with Crippen molar-refractivity contribution in [3.05, 3.63) is 48.0 Å². The highest BCUT2D eigenvalue weighted by atomic mass is 19.1. The summed E-state index contributed by atoms with van der Waals surface area (Å²) >= 11 is 0. The summed E-state index contributed by atoms with van der Waals surface area (Å²) in [5.41, 5.74) is 1.15. The standard InChI is InChI=1S/C17H21FN4O2/c1-24-12-15-6-4-8-22(15)17(23)20-14-9-19-21(11-14)10-13-5-2-3-7-16(13)18/h2-3,5,7,9,11,15H,4,6,8,10,12H2,1H3,(H,20,23)/t15-/m0/s1. The highest BCUT2D eigenvalue weighted by Crippen LogP contribution is 2.19. The molecule has 0 bridgehead atoms. The summed E-state index contributed by atoms with van der Waals surface area (Å²) in [6.07, 6.45) is 5.20. The number of rotatable bonds is 5. The second-order valence-corrected chi connectivity index (χ2v) is 5.89. The van der Waals surface area contributed by atoms with E-state index in [-0.39, 0.29) is 17.9 Å². The van der Waals surface area contributed by atoms with Crippen molar-refractivity contribution in [2.24, 2.45) is 0 Å². The molecule has 2 heterocycles. The molecule has 0 radical (unpaired) electrons. The van der Waals surface area contributed by atoms with Gasteiger partial charge in [0.05, 0.1) is 31.1 Å². The smallest absolute Gasteiger partial charge is 0.322 e. The van der Waals surface area contributed by atoms with Gasteiger partial charge in [-0.1, -0.05) is 18.2 Å². The quantitative estimate of drug-likeness (QED) is 0.916. The van der Waals surface area contributed by atoms with E-state index in [1.54, 1.807) is 47.3 Å². The van der Waals surface area contributed by atoms with Crippen molar-refractivity contribution in [1.82, 2.24) is 14.7 Å². The molecular formula is C17H21FN4O2. The van der Waals surface area contributed by atoms with E-state index < -0.39 is 0 Å². The van der Waals surface area contributed by atoms with Gasteiger partial charge in [0.15, 0.2) is 0 Å². The van der Waals surface area contributed by atoms with Crippen LogP contribution in [0.2, 0.25) is 0 Å². The van der Waals surface area contributed by atoms with Crippen LogP contribution in [-0.4, -0.2) is 47.0 Å². The number of anilines is 1. The molecule has 7 heteroatoms. The summed E-state index contributed by atoms with van der Waals surface area (Å²) in [5, 5.41) is 7.03. The van der Waals surface area contributed by atoms with Crippen LogP contribution in [0, 0.1) is 5.82 Å². The maximum atomic E-state index is 13.7. The van der Waals surface area contributed by atoms with Crippen molar-refractivity contribution >= 4 is 11.7 Å². The van der Waals surface area contributed by atoms with Crippen LogP contribution in [0.3, 0.4) is 0 Å². The second-order valence-electron chi connectivity index (χ2n) is 5.89. The molecule has 128 valence electrons. The van der Waals surface area contributed by atoms with Crippen molar-refractivity contribution in [1.29, 1.82) is 0 Å². The minimum absolute atomic E-state index is 0.114. The Bertz CT molecular complexity index is 703. The van der Waals surface area contributed by atoms with E-state index in [1.165, 1.54) is 6.07 Å². The van der Waals surface area contributed by atoms with Gasteiger partial charge in [0, 0.05) is 25.4 Å². The fraction of sp³-hybridized carbons (Fsp3) is 0.412. The van der Waals surface area contributed by atoms with E-state index >= 15 is 0 Å². The Morgan fingerprint density at radius 2 is 2.29 bits per heavy atom. The molecule has 2 amide bonds. The van der Waals surface area contributed by atoms with Crippen LogP contribution in [0.25, 0.3) is 0 Å². The normalized spacial score (nSPS) is 17.2. The largest absolute Gasteiger partial charge is 0.383 e. The Kier molecular flexibility index (Phi) is 5.10. The fourth-order valence-corrected chi connectivity index (χ4v) is 2.98. The summed E-state index contributed by atoms with van der Waals surface area (Å²) in [7, 11) is 1.64. The van der Waals surface area contributed by atoms with Gasteiger partial charge in [-0.05, 0) is 18.9 Å². The average molecular weight is 332 g/mol. The van der Waals surface area contributed by atoms with Crippen LogP contribution in [0.4, 0.5) is 14.9 Å². The number of aromatic nitrogens is 2. The minimum atomic E-state index is -0.266. The van der Waals surface area contributed by atoms with Crippen LogP contribution >= 0.6 is 0 Å². The number of nitrogens with zero attached hydrogens (tertiary/aromatic N) is 3. The molecule has 1 aliphatic heterocycles. The van der Waals surface area contributed by atoms with Gasteiger partial charge in [0.1, 0.15) is 5.82 Å². The first-order valence-electron chi connectivity index (χ1n) is 8.00. The van der Waals surface area contributed by atoms with E-state index in [4.69, 9.17) is 4.74 Å². The van der Waals surface area contributed by atoms with Crippen LogP contribution in [0.5, 0.6) is 0 Å². The summed E-state index contributed by atoms with van der Waals surface area (Å²) in [6, 6.07) is 6.54. The Morgan fingerprint density at radius 3 is 3.08 bits per heavy atom. The Morgan fingerprint density at radius 1 is 1.46 bits per heavy atom. The van der Waals surface area contributed by atoms with Crippen molar-refractivity contribution in [3.8, 4) is 0 Å². The van der Waals surface area contributed by atoms with Gasteiger partial charge in [-0.2, -0.15) is 5.10 Å². The lowest BCUT2D eigenvalue weighted by molar-refractivity contribution is 0.128. The Labute approximate surface area is 140 Å². The van der Waals surface area contributed by atoms with Crippen LogP contribution in [-0.2, 0) is 11.3 Å². The van der Waals surface area contributed by atoms with Gasteiger partial charge in [-0.15, -0.1) is 0 Å². The molecule has 1 fully saturated rings. The highest BCUT2D eigenvalue weighted by molar-refractivity contribution is 5.89. The predicted molar refractivity (Wildman–Crippen MR) is 88.4 cm³/mol. The molecule has 3 rings (SSSR count). The lowest BCUT2D eigenvalue weighted by atomic mass is 10.2. The number of methoxy groups -OCH3 is 1. The van der Waals surface area contributed by atoms with E-state index in [0.29, 0.717) is 24.4 Å². The van der Waals surface area contributed by atoms with E-state index in [0.717, 1.165) is 19.4 Å². The number of likely N-dealkylation sites (tertiary alicyclic amines) is 1. The third-order valence-electron chi connectivity index (χ3n) is 4.17. The van der Waals surface area contributed by atoms with Gasteiger partial charge in [-0.25, -0.2) is 9.18 Å². The van der Waals surface area contributed by atoms with Gasteiger partial charge in [0.2, 0.25) is 0 Å². The molecule has 24 heavy (non-hydrogen) atoms. The first kappa shape index (κ1) is 16.4. The summed E-state index contributed by atoms with van der Waals surface area (Å²) in [5.74, 6) is -0.266. The van der Waals surface area contributed by atoms with Crippen molar-refractivity contribution < 1.29 is 13.9 Å². The molecule has 0 spiro atoms. The lowest BCUT2D eigenvalue weighted by Crippen LogP contribution is -2.40.